The minimum Gasteiger partial charge on any atom is -0.368 e. The Bertz CT molecular complexity index is 664. The fourth-order valence-corrected chi connectivity index (χ4v) is 2.96. The Balaban J connectivity index is 2.45. The number of rotatable bonds is 9. The van der Waals surface area contributed by atoms with Crippen LogP contribution in [0.5, 0.6) is 0 Å². The summed E-state index contributed by atoms with van der Waals surface area (Å²) in [4.78, 5) is 25.4. The fraction of sp³-hybridized carbons (Fsp3) is 0.300. The van der Waals surface area contributed by atoms with E-state index in [0.717, 1.165) is 11.1 Å². The molecule has 2 rings (SSSR count). The number of unbranched alkanes of at least 4 members (excludes halogenated alkanes) is 1. The number of primary amides is 1. The Morgan fingerprint density at radius 3 is 1.76 bits per heavy atom. The molecule has 1 amide bonds. The van der Waals surface area contributed by atoms with Gasteiger partial charge < -0.3 is 17.2 Å². The molecule has 0 fully saturated rings. The third-order valence-corrected chi connectivity index (χ3v) is 4.43. The first-order valence-electron chi connectivity index (χ1n) is 8.43. The van der Waals surface area contributed by atoms with Crippen LogP contribution >= 0.6 is 0 Å². The fourth-order valence-electron chi connectivity index (χ4n) is 2.96. The number of hydrogen-bond donors (Lipinski definition) is 3. The van der Waals surface area contributed by atoms with E-state index < -0.39 is 17.4 Å². The van der Waals surface area contributed by atoms with E-state index >= 15 is 0 Å². The highest BCUT2D eigenvalue weighted by atomic mass is 16.2. The maximum Gasteiger partial charge on any atom is 0.245 e. The quantitative estimate of drug-likeness (QED) is 0.477. The molecule has 6 N–H and O–H groups in total. The first kappa shape index (κ1) is 18.8. The van der Waals surface area contributed by atoms with Crippen molar-refractivity contribution < 1.29 is 9.59 Å². The van der Waals surface area contributed by atoms with Crippen molar-refractivity contribution in [3.8, 4) is 0 Å². The smallest absolute Gasteiger partial charge is 0.245 e. The minimum absolute atomic E-state index is 0.189. The number of ketones is 1. The molecule has 0 saturated carbocycles. The van der Waals surface area contributed by atoms with Crippen LogP contribution in [0.1, 0.15) is 36.3 Å². The number of hydrogen-bond acceptors (Lipinski definition) is 4. The van der Waals surface area contributed by atoms with Gasteiger partial charge in [-0.25, -0.2) is 0 Å². The maximum absolute atomic E-state index is 13.3. The van der Waals surface area contributed by atoms with Crippen LogP contribution in [0, 0.1) is 0 Å². The molecule has 0 aliphatic heterocycles. The number of carbonyl (C=O) groups is 2. The molecule has 0 radical (unpaired) electrons. The summed E-state index contributed by atoms with van der Waals surface area (Å²) in [5.41, 5.74) is 17.1. The van der Waals surface area contributed by atoms with Crippen molar-refractivity contribution in [1.29, 1.82) is 0 Å². The van der Waals surface area contributed by atoms with Crippen LogP contribution in [0.25, 0.3) is 0 Å². The Kier molecular flexibility index (Phi) is 6.44. The minimum atomic E-state index is -1.72. The van der Waals surface area contributed by atoms with E-state index in [4.69, 9.17) is 17.2 Å². The van der Waals surface area contributed by atoms with Gasteiger partial charge in [0.05, 0.1) is 5.92 Å². The Morgan fingerprint density at radius 1 is 0.880 bits per heavy atom. The molecule has 5 heteroatoms. The zero-order valence-corrected chi connectivity index (χ0v) is 14.2. The second kappa shape index (κ2) is 8.55. The van der Waals surface area contributed by atoms with E-state index in [9.17, 15) is 9.59 Å². The Hall–Kier alpha value is -2.50. The van der Waals surface area contributed by atoms with Crippen molar-refractivity contribution in [1.82, 2.24) is 0 Å². The number of benzene rings is 2. The molecule has 2 aromatic carbocycles. The van der Waals surface area contributed by atoms with Crippen LogP contribution in [-0.2, 0) is 9.59 Å². The monoisotopic (exact) mass is 339 g/mol. The van der Waals surface area contributed by atoms with Gasteiger partial charge in [-0.1, -0.05) is 60.7 Å². The lowest BCUT2D eigenvalue weighted by Crippen LogP contribution is -2.59. The summed E-state index contributed by atoms with van der Waals surface area (Å²) in [5.74, 6) is -1.82. The summed E-state index contributed by atoms with van der Waals surface area (Å²) in [6.07, 6.45) is 1.44. The summed E-state index contributed by atoms with van der Waals surface area (Å²) >= 11 is 0. The van der Waals surface area contributed by atoms with Gasteiger partial charge in [-0.05, 0) is 36.9 Å². The highest BCUT2D eigenvalue weighted by Gasteiger charge is 2.44. The van der Waals surface area contributed by atoms with Gasteiger partial charge in [-0.3, -0.25) is 9.59 Å². The van der Waals surface area contributed by atoms with Crippen molar-refractivity contribution in [2.75, 3.05) is 6.54 Å². The predicted octanol–water partition coefficient (Wildman–Crippen LogP) is 1.70. The normalized spacial score (nSPS) is 13.4. The summed E-state index contributed by atoms with van der Waals surface area (Å²) in [6, 6.07) is 18.6. The van der Waals surface area contributed by atoms with E-state index in [-0.39, 0.29) is 12.2 Å². The van der Waals surface area contributed by atoms with Gasteiger partial charge in [0, 0.05) is 0 Å². The zero-order chi connectivity index (χ0) is 18.3. The summed E-state index contributed by atoms with van der Waals surface area (Å²) in [5, 5.41) is 0. The summed E-state index contributed by atoms with van der Waals surface area (Å²) in [7, 11) is 0. The predicted molar refractivity (Wildman–Crippen MR) is 98.8 cm³/mol. The molecule has 0 aromatic heterocycles. The van der Waals surface area contributed by atoms with Gasteiger partial charge in [-0.15, -0.1) is 0 Å². The molecule has 0 bridgehead atoms. The van der Waals surface area contributed by atoms with Crippen molar-refractivity contribution in [2.24, 2.45) is 17.2 Å². The van der Waals surface area contributed by atoms with E-state index in [0.29, 0.717) is 19.4 Å². The number of carbonyl (C=O) groups excluding carboxylic acids is 2. The van der Waals surface area contributed by atoms with E-state index in [1.807, 2.05) is 60.7 Å². The van der Waals surface area contributed by atoms with Crippen molar-refractivity contribution >= 4 is 11.7 Å². The van der Waals surface area contributed by atoms with Gasteiger partial charge in [0.2, 0.25) is 5.91 Å². The van der Waals surface area contributed by atoms with E-state index in [1.54, 1.807) is 0 Å². The molecule has 25 heavy (non-hydrogen) atoms. The lowest BCUT2D eigenvalue weighted by atomic mass is 9.76. The van der Waals surface area contributed by atoms with Crippen molar-refractivity contribution in [3.05, 3.63) is 71.8 Å². The molecule has 0 unspecified atom stereocenters. The average molecular weight is 339 g/mol. The highest BCUT2D eigenvalue weighted by Crippen LogP contribution is 2.30. The van der Waals surface area contributed by atoms with Crippen LogP contribution in [0.4, 0.5) is 0 Å². The summed E-state index contributed by atoms with van der Waals surface area (Å²) < 4.78 is 0. The molecule has 132 valence electrons. The van der Waals surface area contributed by atoms with Crippen LogP contribution in [0.3, 0.4) is 0 Å². The molecule has 5 nitrogen and oxygen atoms in total. The number of amides is 1. The zero-order valence-electron chi connectivity index (χ0n) is 14.2. The SMILES string of the molecule is NCCCC[C@](N)(C(N)=O)C(=O)C(c1ccccc1)c1ccccc1. The van der Waals surface area contributed by atoms with E-state index in [1.165, 1.54) is 0 Å². The lowest BCUT2D eigenvalue weighted by Gasteiger charge is -2.29. The highest BCUT2D eigenvalue weighted by molar-refractivity contribution is 6.13. The van der Waals surface area contributed by atoms with E-state index in [2.05, 4.69) is 0 Å². The molecule has 1 atom stereocenters. The third kappa shape index (κ3) is 4.32. The van der Waals surface area contributed by atoms with Gasteiger partial charge >= 0.3 is 0 Å². The average Bonchev–Trinajstić information content (AvgIpc) is 2.63. The molecular weight excluding hydrogens is 314 g/mol. The number of nitrogens with two attached hydrogens (primary N) is 3. The molecule has 0 saturated heterocycles. The second-order valence-electron chi connectivity index (χ2n) is 6.20. The van der Waals surface area contributed by atoms with Gasteiger partial charge in [0.1, 0.15) is 0 Å². The molecular formula is C20H25N3O2. The Morgan fingerprint density at radius 2 is 1.36 bits per heavy atom. The molecule has 0 aliphatic rings. The topological polar surface area (TPSA) is 112 Å². The summed E-state index contributed by atoms with van der Waals surface area (Å²) in [6.45, 7) is 0.476. The molecule has 0 aliphatic carbocycles. The molecule has 0 heterocycles. The van der Waals surface area contributed by atoms with Crippen LogP contribution in [0.15, 0.2) is 60.7 Å². The van der Waals surface area contributed by atoms with Gasteiger partial charge in [0.25, 0.3) is 0 Å². The van der Waals surface area contributed by atoms with Crippen LogP contribution < -0.4 is 17.2 Å². The van der Waals surface area contributed by atoms with Crippen molar-refractivity contribution in [3.63, 3.8) is 0 Å². The Labute approximate surface area is 148 Å². The first-order valence-corrected chi connectivity index (χ1v) is 8.43. The molecule has 0 spiro atoms. The largest absolute Gasteiger partial charge is 0.368 e. The first-order chi connectivity index (χ1) is 12.0. The third-order valence-electron chi connectivity index (χ3n) is 4.43. The van der Waals surface area contributed by atoms with Crippen LogP contribution in [-0.4, -0.2) is 23.8 Å². The van der Waals surface area contributed by atoms with Gasteiger partial charge in [0.15, 0.2) is 11.3 Å². The van der Waals surface area contributed by atoms with Gasteiger partial charge in [-0.2, -0.15) is 0 Å². The molecule has 2 aromatic rings. The lowest BCUT2D eigenvalue weighted by molar-refractivity contribution is -0.134. The maximum atomic E-state index is 13.3. The van der Waals surface area contributed by atoms with Crippen molar-refractivity contribution in [2.45, 2.75) is 30.7 Å². The standard InChI is InChI=1S/C20H25N3O2/c21-14-8-7-13-20(23,19(22)25)18(24)17(15-9-3-1-4-10-15)16-11-5-2-6-12-16/h1-6,9-12,17H,7-8,13-14,21,23H2,(H2,22,25)/t20-/m1/s1. The van der Waals surface area contributed by atoms with Crippen LogP contribution in [0.2, 0.25) is 0 Å². The second-order valence-corrected chi connectivity index (χ2v) is 6.20. The number of Topliss-reactive ketones (excluding diaryl/α,β-unsaturated/α-hetero) is 1.